The van der Waals surface area contributed by atoms with Gasteiger partial charge in [-0.25, -0.2) is 4.98 Å². The second-order valence-electron chi connectivity index (χ2n) is 7.32. The molecule has 0 N–H and O–H groups in total. The molecule has 164 valence electrons. The summed E-state index contributed by atoms with van der Waals surface area (Å²) in [7, 11) is 3.28. The summed E-state index contributed by atoms with van der Waals surface area (Å²) < 4.78 is 22.1. The smallest absolute Gasteiger partial charge is 0.161 e. The van der Waals surface area contributed by atoms with Crippen LogP contribution in [0, 0.1) is 6.92 Å². The van der Waals surface area contributed by atoms with E-state index in [9.17, 15) is 0 Å². The molecule has 31 heavy (non-hydrogen) atoms. The summed E-state index contributed by atoms with van der Waals surface area (Å²) in [6, 6.07) is 14.1. The third kappa shape index (κ3) is 5.18. The fourth-order valence-electron chi connectivity index (χ4n) is 3.58. The van der Waals surface area contributed by atoms with Crippen LogP contribution in [0.1, 0.15) is 4.88 Å². The van der Waals surface area contributed by atoms with Gasteiger partial charge in [-0.3, -0.25) is 4.90 Å². The Hall–Kier alpha value is -2.61. The Balaban J connectivity index is 1.43. The molecule has 1 aliphatic rings. The largest absolute Gasteiger partial charge is 0.493 e. The van der Waals surface area contributed by atoms with Gasteiger partial charge in [0.2, 0.25) is 0 Å². The molecule has 6 nitrogen and oxygen atoms in total. The number of morpholine rings is 1. The highest BCUT2D eigenvalue weighted by molar-refractivity contribution is 7.15. The Kier molecular flexibility index (Phi) is 7.06. The van der Waals surface area contributed by atoms with Crippen molar-refractivity contribution in [2.75, 3.05) is 53.7 Å². The summed E-state index contributed by atoms with van der Waals surface area (Å²) in [6.07, 6.45) is 0. The highest BCUT2D eigenvalue weighted by atomic mass is 32.1. The molecule has 1 saturated heterocycles. The van der Waals surface area contributed by atoms with E-state index in [1.807, 2.05) is 30.3 Å². The van der Waals surface area contributed by atoms with Crippen molar-refractivity contribution in [3.8, 4) is 39.1 Å². The van der Waals surface area contributed by atoms with Crippen LogP contribution in [0.3, 0.4) is 0 Å². The molecule has 4 rings (SSSR count). The van der Waals surface area contributed by atoms with Gasteiger partial charge in [0, 0.05) is 35.6 Å². The lowest BCUT2D eigenvalue weighted by Crippen LogP contribution is -2.38. The van der Waals surface area contributed by atoms with Gasteiger partial charge in [-0.05, 0) is 49.4 Å². The van der Waals surface area contributed by atoms with Crippen molar-refractivity contribution in [2.24, 2.45) is 0 Å². The molecule has 7 heteroatoms. The molecule has 0 unspecified atom stereocenters. The first-order chi connectivity index (χ1) is 15.2. The topological polar surface area (TPSA) is 53.1 Å². The first kappa shape index (κ1) is 21.6. The van der Waals surface area contributed by atoms with Gasteiger partial charge in [0.15, 0.2) is 11.5 Å². The second kappa shape index (κ2) is 10.1. The summed E-state index contributed by atoms with van der Waals surface area (Å²) >= 11 is 1.67. The molecule has 3 aromatic rings. The van der Waals surface area contributed by atoms with Gasteiger partial charge in [0.1, 0.15) is 17.4 Å². The maximum absolute atomic E-state index is 5.93. The molecule has 0 aliphatic carbocycles. The van der Waals surface area contributed by atoms with E-state index in [1.54, 1.807) is 25.6 Å². The monoisotopic (exact) mass is 440 g/mol. The number of nitrogens with zero attached hydrogens (tertiary/aromatic N) is 2. The molecule has 0 radical (unpaired) electrons. The zero-order chi connectivity index (χ0) is 21.6. The number of thiazole rings is 1. The minimum absolute atomic E-state index is 0.679. The maximum atomic E-state index is 5.93. The molecule has 0 amide bonds. The molecule has 1 fully saturated rings. The van der Waals surface area contributed by atoms with Crippen LogP contribution in [-0.4, -0.2) is 63.6 Å². The van der Waals surface area contributed by atoms with Crippen molar-refractivity contribution in [1.82, 2.24) is 9.88 Å². The van der Waals surface area contributed by atoms with E-state index < -0.39 is 0 Å². The standard InChI is InChI=1S/C24H28N2O4S/c1-17-23(25-24(31-17)19-6-9-21(27-2)22(16-19)28-3)18-4-7-20(8-5-18)30-15-12-26-10-13-29-14-11-26/h4-9,16H,10-15H2,1-3H3. The lowest BCUT2D eigenvalue weighted by Gasteiger charge is -2.26. The van der Waals surface area contributed by atoms with Crippen LogP contribution in [-0.2, 0) is 4.74 Å². The fourth-order valence-corrected chi connectivity index (χ4v) is 4.52. The highest BCUT2D eigenvalue weighted by Gasteiger charge is 2.14. The van der Waals surface area contributed by atoms with Crippen LogP contribution in [0.5, 0.6) is 17.2 Å². The van der Waals surface area contributed by atoms with Crippen molar-refractivity contribution in [1.29, 1.82) is 0 Å². The molecule has 0 bridgehead atoms. The average molecular weight is 441 g/mol. The molecular formula is C24H28N2O4S. The normalized spacial score (nSPS) is 14.4. The van der Waals surface area contributed by atoms with Crippen LogP contribution in [0.2, 0.25) is 0 Å². The van der Waals surface area contributed by atoms with Crippen molar-refractivity contribution in [2.45, 2.75) is 6.92 Å². The van der Waals surface area contributed by atoms with Crippen molar-refractivity contribution < 1.29 is 18.9 Å². The van der Waals surface area contributed by atoms with Gasteiger partial charge >= 0.3 is 0 Å². The minimum atomic E-state index is 0.679. The molecular weight excluding hydrogens is 412 g/mol. The number of aryl methyl sites for hydroxylation is 1. The minimum Gasteiger partial charge on any atom is -0.493 e. The number of ether oxygens (including phenoxy) is 4. The summed E-state index contributed by atoms with van der Waals surface area (Å²) in [5.41, 5.74) is 3.09. The Labute approximate surface area is 187 Å². The number of rotatable bonds is 8. The van der Waals surface area contributed by atoms with Crippen LogP contribution in [0.15, 0.2) is 42.5 Å². The van der Waals surface area contributed by atoms with E-state index in [-0.39, 0.29) is 0 Å². The number of methoxy groups -OCH3 is 2. The lowest BCUT2D eigenvalue weighted by atomic mass is 10.1. The van der Waals surface area contributed by atoms with E-state index in [1.165, 1.54) is 4.88 Å². The Morgan fingerprint density at radius 2 is 1.68 bits per heavy atom. The second-order valence-corrected chi connectivity index (χ2v) is 8.52. The maximum Gasteiger partial charge on any atom is 0.161 e. The van der Waals surface area contributed by atoms with Crippen molar-refractivity contribution in [3.63, 3.8) is 0 Å². The van der Waals surface area contributed by atoms with Gasteiger partial charge in [0.05, 0.1) is 33.1 Å². The van der Waals surface area contributed by atoms with Crippen molar-refractivity contribution in [3.05, 3.63) is 47.3 Å². The van der Waals surface area contributed by atoms with Gasteiger partial charge in [0.25, 0.3) is 0 Å². The van der Waals surface area contributed by atoms with E-state index >= 15 is 0 Å². The predicted molar refractivity (Wildman–Crippen MR) is 124 cm³/mol. The number of hydrogen-bond acceptors (Lipinski definition) is 7. The van der Waals surface area contributed by atoms with E-state index in [4.69, 9.17) is 23.9 Å². The SMILES string of the molecule is COc1ccc(-c2nc(-c3ccc(OCCN4CCOCC4)cc3)c(C)s2)cc1OC. The molecule has 0 saturated carbocycles. The Morgan fingerprint density at radius 3 is 2.39 bits per heavy atom. The highest BCUT2D eigenvalue weighted by Crippen LogP contribution is 2.37. The first-order valence-electron chi connectivity index (χ1n) is 10.4. The predicted octanol–water partition coefficient (Wildman–Crippen LogP) is 4.51. The molecule has 2 aromatic carbocycles. The van der Waals surface area contributed by atoms with Gasteiger partial charge in [-0.15, -0.1) is 11.3 Å². The van der Waals surface area contributed by atoms with Crippen LogP contribution >= 0.6 is 11.3 Å². The van der Waals surface area contributed by atoms with E-state index in [0.29, 0.717) is 18.1 Å². The first-order valence-corrected chi connectivity index (χ1v) is 11.2. The molecule has 2 heterocycles. The molecule has 1 aromatic heterocycles. The summed E-state index contributed by atoms with van der Waals surface area (Å²) in [4.78, 5) is 8.44. The number of aromatic nitrogens is 1. The quantitative estimate of drug-likeness (QED) is 0.514. The van der Waals surface area contributed by atoms with Crippen LogP contribution < -0.4 is 14.2 Å². The zero-order valence-electron chi connectivity index (χ0n) is 18.2. The Bertz CT molecular complexity index is 997. The zero-order valence-corrected chi connectivity index (χ0v) is 19.0. The third-order valence-electron chi connectivity index (χ3n) is 5.33. The summed E-state index contributed by atoms with van der Waals surface area (Å²) in [5.74, 6) is 2.29. The molecule has 1 aliphatic heterocycles. The van der Waals surface area contributed by atoms with Gasteiger partial charge in [-0.2, -0.15) is 0 Å². The third-order valence-corrected chi connectivity index (χ3v) is 6.35. The van der Waals surface area contributed by atoms with Crippen LogP contribution in [0.25, 0.3) is 21.8 Å². The van der Waals surface area contributed by atoms with Gasteiger partial charge < -0.3 is 18.9 Å². The van der Waals surface area contributed by atoms with Gasteiger partial charge in [-0.1, -0.05) is 0 Å². The Morgan fingerprint density at radius 1 is 0.968 bits per heavy atom. The molecule has 0 spiro atoms. The summed E-state index contributed by atoms with van der Waals surface area (Å²) in [6.45, 7) is 7.29. The van der Waals surface area contributed by atoms with E-state index in [2.05, 4.69) is 24.0 Å². The van der Waals surface area contributed by atoms with E-state index in [0.717, 1.165) is 60.4 Å². The molecule has 0 atom stereocenters. The number of benzene rings is 2. The summed E-state index contributed by atoms with van der Waals surface area (Å²) in [5, 5.41) is 0.958. The van der Waals surface area contributed by atoms with Crippen LogP contribution in [0.4, 0.5) is 0 Å². The average Bonchev–Trinajstić information content (AvgIpc) is 3.21. The fraction of sp³-hybridized carbons (Fsp3) is 0.375. The lowest BCUT2D eigenvalue weighted by molar-refractivity contribution is 0.0322. The number of hydrogen-bond donors (Lipinski definition) is 0. The van der Waals surface area contributed by atoms with Crippen molar-refractivity contribution >= 4 is 11.3 Å².